The third-order valence-corrected chi connectivity index (χ3v) is 8.62. The van der Waals surface area contributed by atoms with Crippen LogP contribution in [0.2, 0.25) is 0 Å². The normalized spacial score (nSPS) is 13.5. The Balaban J connectivity index is 1.01. The van der Waals surface area contributed by atoms with Gasteiger partial charge in [0, 0.05) is 31.1 Å². The van der Waals surface area contributed by atoms with Gasteiger partial charge in [0.2, 0.25) is 17.4 Å². The molecule has 0 saturated carbocycles. The summed E-state index contributed by atoms with van der Waals surface area (Å²) in [6, 6.07) is 13.5. The van der Waals surface area contributed by atoms with E-state index in [0.717, 1.165) is 15.6 Å². The van der Waals surface area contributed by atoms with Crippen LogP contribution in [0.15, 0.2) is 88.0 Å². The molecule has 0 atom stereocenters. The van der Waals surface area contributed by atoms with Crippen molar-refractivity contribution >= 4 is 47.8 Å². The van der Waals surface area contributed by atoms with E-state index in [1.807, 2.05) is 12.2 Å². The first-order valence-corrected chi connectivity index (χ1v) is 17.5. The van der Waals surface area contributed by atoms with Gasteiger partial charge in [0.1, 0.15) is 5.75 Å². The largest absolute Gasteiger partial charge is 0.678 e. The maximum atomic E-state index is 14.0. The highest BCUT2D eigenvalue weighted by Gasteiger charge is 2.34. The van der Waals surface area contributed by atoms with E-state index in [9.17, 15) is 44.2 Å². The number of esters is 1. The van der Waals surface area contributed by atoms with Crippen molar-refractivity contribution in [1.82, 2.24) is 14.8 Å². The van der Waals surface area contributed by atoms with Gasteiger partial charge in [-0.05, 0) is 72.5 Å². The molecule has 11 nitrogen and oxygen atoms in total. The van der Waals surface area contributed by atoms with Crippen LogP contribution < -0.4 is 14.8 Å². The number of H-pyrrole nitrogens is 1. The lowest BCUT2D eigenvalue weighted by molar-refractivity contribution is -0.135. The predicted octanol–water partition coefficient (Wildman–Crippen LogP) is 6.78. The van der Waals surface area contributed by atoms with Gasteiger partial charge in [0.15, 0.2) is 23.1 Å². The Hall–Kier alpha value is -5.82. The minimum absolute atomic E-state index is 0.108. The quantitative estimate of drug-likeness (QED) is 0.0216. The lowest BCUT2D eigenvalue weighted by Crippen LogP contribution is -2.29. The summed E-state index contributed by atoms with van der Waals surface area (Å²) in [6.45, 7) is -0.0939. The monoisotopic (exact) mass is 774 g/mol. The van der Waals surface area contributed by atoms with E-state index in [2.05, 4.69) is 20.0 Å². The molecule has 1 aliphatic heterocycles. The van der Waals surface area contributed by atoms with E-state index in [4.69, 9.17) is 9.29 Å². The molecule has 1 aliphatic rings. The molecule has 2 aromatic carbocycles. The van der Waals surface area contributed by atoms with E-state index in [0.29, 0.717) is 41.4 Å². The number of allylic oxidation sites excluding steroid dienone is 3. The zero-order valence-corrected chi connectivity index (χ0v) is 28.7. The van der Waals surface area contributed by atoms with Crippen molar-refractivity contribution in [3.8, 4) is 22.9 Å². The van der Waals surface area contributed by atoms with Crippen molar-refractivity contribution in [3.05, 3.63) is 113 Å². The van der Waals surface area contributed by atoms with Crippen LogP contribution in [0, 0.1) is 23.3 Å². The average Bonchev–Trinajstić information content (AvgIpc) is 3.91. The first kappa shape index (κ1) is 39.4. The number of halogens is 6. The number of nitrogens with zero attached hydrogens (tertiary/aromatic N) is 2. The summed E-state index contributed by atoms with van der Waals surface area (Å²) >= 11 is 0. The van der Waals surface area contributed by atoms with Crippen molar-refractivity contribution in [1.29, 1.82) is 0 Å². The summed E-state index contributed by atoms with van der Waals surface area (Å²) in [4.78, 5) is 29.1. The number of aromatic nitrogens is 2. The standard InChI is InChI=1S/C35H29BF6N4O7S/c37-30-32(39)35(54(49,50)51)33(40)31(38)34(30)53-29(48)6-2-1-3-15-44-28(47)20-52-25-12-9-21(10-13-25)7-8-22-17-23(45-19-22)18-24-11-14-27(46(24)36(41)42)26-5-4-16-43-26/h4-5,7-14,16-19,43H,1-3,6,15,20H2,(H,44,47)(H,49,50,51)/b8-7+,23-18+. The molecule has 5 rings (SSSR count). The van der Waals surface area contributed by atoms with Crippen molar-refractivity contribution in [2.75, 3.05) is 13.2 Å². The molecular weight excluding hydrogens is 745 g/mol. The number of nitrogens with one attached hydrogen (secondary N) is 2. The summed E-state index contributed by atoms with van der Waals surface area (Å²) in [6.07, 6.45) is 10.6. The van der Waals surface area contributed by atoms with Gasteiger partial charge >= 0.3 is 23.5 Å². The zero-order valence-electron chi connectivity index (χ0n) is 27.9. The lowest BCUT2D eigenvalue weighted by Gasteiger charge is -2.10. The summed E-state index contributed by atoms with van der Waals surface area (Å²) in [5.41, 5.74) is 3.30. The molecule has 2 aromatic heterocycles. The van der Waals surface area contributed by atoms with Crippen molar-refractivity contribution in [2.45, 2.75) is 30.6 Å². The summed E-state index contributed by atoms with van der Waals surface area (Å²) in [5.74, 6) is -12.6. The van der Waals surface area contributed by atoms with Crippen LogP contribution in [0.4, 0.5) is 26.2 Å². The molecule has 54 heavy (non-hydrogen) atoms. The molecule has 4 aromatic rings. The van der Waals surface area contributed by atoms with E-state index in [1.165, 1.54) is 0 Å². The number of carbonyl (C=O) groups is 2. The van der Waals surface area contributed by atoms with Gasteiger partial charge < -0.3 is 24.3 Å². The first-order chi connectivity index (χ1) is 25.7. The Labute approximate surface area is 304 Å². The fourth-order valence-corrected chi connectivity index (χ4v) is 5.80. The second-order valence-electron chi connectivity index (χ2n) is 11.6. The van der Waals surface area contributed by atoms with Gasteiger partial charge in [-0.3, -0.25) is 27.8 Å². The Morgan fingerprint density at radius 3 is 2.31 bits per heavy atom. The van der Waals surface area contributed by atoms with E-state index >= 15 is 0 Å². The molecule has 0 fully saturated rings. The molecule has 3 heterocycles. The maximum absolute atomic E-state index is 14.0. The summed E-state index contributed by atoms with van der Waals surface area (Å²) < 4.78 is 125. The van der Waals surface area contributed by atoms with E-state index in [1.54, 1.807) is 73.1 Å². The van der Waals surface area contributed by atoms with Gasteiger partial charge in [0.05, 0.1) is 17.1 Å². The van der Waals surface area contributed by atoms with Gasteiger partial charge in [-0.1, -0.05) is 30.7 Å². The van der Waals surface area contributed by atoms with Crippen LogP contribution in [-0.4, -0.2) is 61.1 Å². The first-order valence-electron chi connectivity index (χ1n) is 16.0. The molecule has 19 heteroatoms. The van der Waals surface area contributed by atoms with Gasteiger partial charge in [-0.15, -0.1) is 0 Å². The molecule has 282 valence electrons. The fraction of sp³-hybridized carbons (Fsp3) is 0.171. The van der Waals surface area contributed by atoms with Crippen LogP contribution in [0.3, 0.4) is 0 Å². The van der Waals surface area contributed by atoms with Crippen LogP contribution in [0.5, 0.6) is 11.5 Å². The maximum Gasteiger partial charge on any atom is 0.678 e. The minimum Gasteiger partial charge on any atom is -0.484 e. The topological polar surface area (TPSA) is 152 Å². The third kappa shape index (κ3) is 9.78. The summed E-state index contributed by atoms with van der Waals surface area (Å²) in [7, 11) is -8.40. The highest BCUT2D eigenvalue weighted by Crippen LogP contribution is 2.33. The summed E-state index contributed by atoms with van der Waals surface area (Å²) in [5, 5.41) is 2.62. The van der Waals surface area contributed by atoms with E-state index in [-0.39, 0.29) is 19.6 Å². The number of aliphatic imine (C=N–C) groups is 1. The van der Waals surface area contributed by atoms with Crippen molar-refractivity contribution < 1.29 is 58.2 Å². The fourth-order valence-electron chi connectivity index (χ4n) is 5.16. The number of aromatic amines is 1. The van der Waals surface area contributed by atoms with Gasteiger partial charge in [0.25, 0.3) is 5.91 Å². The Bertz CT molecular complexity index is 2230. The SMILES string of the molecule is O=C(COc1ccc(/C=C/C2=CC(=C\c3ccc(-c4ccc[nH]4)n3B(F)F)/N=C2)cc1)NCCCCCC(=O)Oc1c(F)c(F)c(S(=O)(=O)O)c(F)c1F. The Kier molecular flexibility index (Phi) is 12.7. The van der Waals surface area contributed by atoms with Crippen LogP contribution in [-0.2, 0) is 19.7 Å². The van der Waals surface area contributed by atoms with Crippen LogP contribution in [0.25, 0.3) is 23.5 Å². The lowest BCUT2D eigenvalue weighted by atomic mass is 10.1. The predicted molar refractivity (Wildman–Crippen MR) is 186 cm³/mol. The molecule has 0 unspecified atom stereocenters. The molecule has 0 bridgehead atoms. The number of amides is 1. The molecule has 0 saturated heterocycles. The molecule has 0 aliphatic carbocycles. The van der Waals surface area contributed by atoms with Crippen LogP contribution >= 0.6 is 0 Å². The van der Waals surface area contributed by atoms with Gasteiger partial charge in [-0.2, -0.15) is 17.2 Å². The van der Waals surface area contributed by atoms with Crippen molar-refractivity contribution in [2.24, 2.45) is 4.99 Å². The van der Waals surface area contributed by atoms with Crippen molar-refractivity contribution in [3.63, 3.8) is 0 Å². The minimum atomic E-state index is -5.65. The zero-order chi connectivity index (χ0) is 39.0. The molecule has 0 radical (unpaired) electrons. The number of hydrogen-bond donors (Lipinski definition) is 3. The third-order valence-electron chi connectivity index (χ3n) is 7.75. The Morgan fingerprint density at radius 1 is 0.944 bits per heavy atom. The van der Waals surface area contributed by atoms with Gasteiger partial charge in [-0.25, -0.2) is 8.78 Å². The number of carbonyl (C=O) groups excluding carboxylic acids is 2. The average molecular weight is 775 g/mol. The number of ether oxygens (including phenoxy) is 2. The number of rotatable bonds is 16. The number of benzene rings is 2. The van der Waals surface area contributed by atoms with Crippen LogP contribution in [0.1, 0.15) is 36.9 Å². The van der Waals surface area contributed by atoms with E-state index < -0.39 is 69.7 Å². The highest BCUT2D eigenvalue weighted by atomic mass is 32.2. The highest BCUT2D eigenvalue weighted by molar-refractivity contribution is 7.85. The smallest absolute Gasteiger partial charge is 0.484 e. The Morgan fingerprint density at radius 2 is 1.67 bits per heavy atom. The molecular formula is C35H29BF6N4O7S. The second-order valence-corrected chi connectivity index (χ2v) is 12.9. The number of unbranched alkanes of at least 4 members (excludes halogenated alkanes) is 2. The molecule has 0 spiro atoms. The molecule has 3 N–H and O–H groups in total. The molecule has 1 amide bonds. The number of hydrogen-bond acceptors (Lipinski definition) is 7. The second kappa shape index (κ2) is 17.3.